The fraction of sp³-hybridized carbons (Fsp3) is 0.776. The molecular weight excluding hydrogens is 960 g/mol. The molecule has 442 valence electrons. The van der Waals surface area contributed by atoms with Crippen LogP contribution in [-0.2, 0) is 18.4 Å². The van der Waals surface area contributed by atoms with Crippen molar-refractivity contribution in [3.05, 3.63) is 85.1 Å². The molecule has 0 aromatic carbocycles. The highest BCUT2D eigenvalue weighted by atomic mass is 31.2. The van der Waals surface area contributed by atoms with E-state index in [0.29, 0.717) is 17.4 Å². The minimum Gasteiger partial charge on any atom is -0.387 e. The third-order valence-electron chi connectivity index (χ3n) is 14.1. The fourth-order valence-electron chi connectivity index (χ4n) is 9.13. The average Bonchev–Trinajstić information content (AvgIpc) is 3.38. The molecule has 0 aliphatic rings. The summed E-state index contributed by atoms with van der Waals surface area (Å²) < 4.78 is 23.7. The van der Waals surface area contributed by atoms with Crippen molar-refractivity contribution in [2.45, 2.75) is 296 Å². The maximum atomic E-state index is 13.0. The standard InChI is InChI=1S/C67H123N2O6P/c1-6-8-10-12-14-16-18-20-22-23-24-25-26-27-28-29-30-31-32-33-34-35-36-37-38-39-40-41-42-43-44-45-47-49-51-53-55-57-59-61-67(71)68-65(64-75-76(72,73)74-63-62-69(3,4)5)66(70)60-58-56-54-52-50-48-46-21-19-17-15-13-11-9-7-2/h8,10,14,16,19-22,24-25,50,52,58,60,65-66,70H,6-7,9,11-13,15,17-18,23,26-49,51,53-57,59,61-64H2,1-5H3,(H-,68,71,72,73)/p+1/b10-8-,16-14-,21-19+,22-20-,25-24-,52-50+,60-58+. The van der Waals surface area contributed by atoms with Crippen molar-refractivity contribution in [2.24, 2.45) is 0 Å². The molecule has 3 unspecified atom stereocenters. The molecule has 8 nitrogen and oxygen atoms in total. The largest absolute Gasteiger partial charge is 0.472 e. The zero-order chi connectivity index (χ0) is 55.6. The Bertz CT molecular complexity index is 1510. The maximum Gasteiger partial charge on any atom is 0.472 e. The lowest BCUT2D eigenvalue weighted by atomic mass is 10.0. The molecule has 0 heterocycles. The van der Waals surface area contributed by atoms with Gasteiger partial charge in [-0.15, -0.1) is 0 Å². The van der Waals surface area contributed by atoms with Gasteiger partial charge in [0.15, 0.2) is 0 Å². The molecular formula is C67H124N2O6P+. The minimum atomic E-state index is -4.36. The van der Waals surface area contributed by atoms with Crippen LogP contribution in [0.1, 0.15) is 284 Å². The number of rotatable bonds is 58. The Morgan fingerprint density at radius 2 is 0.803 bits per heavy atom. The Hall–Kier alpha value is -2.32. The Labute approximate surface area is 471 Å². The van der Waals surface area contributed by atoms with Gasteiger partial charge in [0, 0.05) is 6.42 Å². The monoisotopic (exact) mass is 1080 g/mol. The smallest absolute Gasteiger partial charge is 0.387 e. The summed E-state index contributed by atoms with van der Waals surface area (Å²) in [4.78, 5) is 23.3. The van der Waals surface area contributed by atoms with Gasteiger partial charge in [-0.1, -0.05) is 279 Å². The average molecular weight is 1080 g/mol. The van der Waals surface area contributed by atoms with Crippen LogP contribution in [0.25, 0.3) is 0 Å². The highest BCUT2D eigenvalue weighted by molar-refractivity contribution is 7.47. The lowest BCUT2D eigenvalue weighted by Gasteiger charge is -2.25. The van der Waals surface area contributed by atoms with E-state index < -0.39 is 20.0 Å². The number of unbranched alkanes of at least 4 members (excludes halogenated alkanes) is 33. The topological polar surface area (TPSA) is 105 Å². The number of aliphatic hydroxyl groups is 1. The van der Waals surface area contributed by atoms with E-state index in [0.717, 1.165) is 70.6 Å². The Balaban J connectivity index is 3.94. The summed E-state index contributed by atoms with van der Waals surface area (Å²) in [5, 5.41) is 13.9. The zero-order valence-electron chi connectivity index (χ0n) is 50.5. The van der Waals surface area contributed by atoms with Gasteiger partial charge in [-0.05, 0) is 83.5 Å². The molecule has 0 rings (SSSR count). The Kier molecular flexibility index (Phi) is 55.6. The molecule has 3 N–H and O–H groups in total. The summed E-state index contributed by atoms with van der Waals surface area (Å²) in [6.45, 7) is 4.67. The van der Waals surface area contributed by atoms with E-state index in [4.69, 9.17) is 9.05 Å². The van der Waals surface area contributed by atoms with Crippen LogP contribution < -0.4 is 5.32 Å². The van der Waals surface area contributed by atoms with Gasteiger partial charge in [-0.3, -0.25) is 13.8 Å². The molecule has 0 saturated heterocycles. The van der Waals surface area contributed by atoms with E-state index in [-0.39, 0.29) is 19.1 Å². The highest BCUT2D eigenvalue weighted by Crippen LogP contribution is 2.43. The lowest BCUT2D eigenvalue weighted by molar-refractivity contribution is -0.870. The first-order valence-electron chi connectivity index (χ1n) is 32.0. The Morgan fingerprint density at radius 1 is 0.461 bits per heavy atom. The number of hydrogen-bond donors (Lipinski definition) is 3. The summed E-state index contributed by atoms with van der Waals surface area (Å²) in [6.07, 6.45) is 81.6. The number of carbonyl (C=O) groups excluding carboxylic acids is 1. The molecule has 0 radical (unpaired) electrons. The van der Waals surface area contributed by atoms with E-state index in [9.17, 15) is 19.4 Å². The minimum absolute atomic E-state index is 0.0527. The molecule has 0 aliphatic heterocycles. The van der Waals surface area contributed by atoms with Crippen LogP contribution in [-0.4, -0.2) is 73.4 Å². The molecule has 0 bridgehead atoms. The number of amides is 1. The van der Waals surface area contributed by atoms with Gasteiger partial charge in [0.1, 0.15) is 13.2 Å². The molecule has 0 aliphatic carbocycles. The first-order valence-corrected chi connectivity index (χ1v) is 33.5. The molecule has 0 spiro atoms. The zero-order valence-corrected chi connectivity index (χ0v) is 51.4. The summed E-state index contributed by atoms with van der Waals surface area (Å²) >= 11 is 0. The normalized spacial score (nSPS) is 14.4. The third kappa shape index (κ3) is 59.3. The van der Waals surface area contributed by atoms with E-state index in [1.54, 1.807) is 6.08 Å². The van der Waals surface area contributed by atoms with Crippen LogP contribution in [0.3, 0.4) is 0 Å². The predicted molar refractivity (Wildman–Crippen MR) is 332 cm³/mol. The molecule has 76 heavy (non-hydrogen) atoms. The van der Waals surface area contributed by atoms with Gasteiger partial charge in [0.25, 0.3) is 0 Å². The quantitative estimate of drug-likeness (QED) is 0.0243. The Morgan fingerprint density at radius 3 is 1.21 bits per heavy atom. The number of likely N-dealkylation sites (N-methyl/N-ethyl adjacent to an activating group) is 1. The second-order valence-electron chi connectivity index (χ2n) is 22.7. The number of nitrogens with one attached hydrogen (secondary N) is 1. The van der Waals surface area contributed by atoms with Crippen molar-refractivity contribution in [2.75, 3.05) is 40.9 Å². The van der Waals surface area contributed by atoms with Crippen molar-refractivity contribution in [3.63, 3.8) is 0 Å². The van der Waals surface area contributed by atoms with Gasteiger partial charge in [0.05, 0.1) is 39.9 Å². The molecule has 0 aromatic heterocycles. The molecule has 1 amide bonds. The van der Waals surface area contributed by atoms with E-state index >= 15 is 0 Å². The van der Waals surface area contributed by atoms with E-state index in [2.05, 4.69) is 92.1 Å². The molecule has 9 heteroatoms. The van der Waals surface area contributed by atoms with Crippen molar-refractivity contribution in [1.82, 2.24) is 5.32 Å². The van der Waals surface area contributed by atoms with E-state index in [1.807, 2.05) is 27.2 Å². The van der Waals surface area contributed by atoms with Crippen molar-refractivity contribution < 1.29 is 32.9 Å². The van der Waals surface area contributed by atoms with Gasteiger partial charge in [0.2, 0.25) is 5.91 Å². The van der Waals surface area contributed by atoms with Crippen molar-refractivity contribution in [3.8, 4) is 0 Å². The number of phosphoric acid groups is 1. The SMILES string of the molecule is CC/C=C\C/C=C\C/C=C\C/C=C\CCCCCCCCCCCCCCCCCCCCCCCCCCCCC(=O)NC(COP(=O)(O)OCC[N+](C)(C)C)C(O)/C=C/CC/C=C/CC/C=C/CCCCCCC. The van der Waals surface area contributed by atoms with Gasteiger partial charge < -0.3 is 19.8 Å². The predicted octanol–water partition coefficient (Wildman–Crippen LogP) is 20.0. The van der Waals surface area contributed by atoms with Gasteiger partial charge in [-0.2, -0.15) is 0 Å². The summed E-state index contributed by atoms with van der Waals surface area (Å²) in [7, 11) is 1.55. The van der Waals surface area contributed by atoms with Crippen LogP contribution >= 0.6 is 7.82 Å². The number of aliphatic hydroxyl groups excluding tert-OH is 1. The second-order valence-corrected chi connectivity index (χ2v) is 24.2. The lowest BCUT2D eigenvalue weighted by Crippen LogP contribution is -2.45. The number of carbonyl (C=O) groups is 1. The first kappa shape index (κ1) is 73.7. The first-order chi connectivity index (χ1) is 37.0. The summed E-state index contributed by atoms with van der Waals surface area (Å²) in [6, 6.07) is -0.871. The molecule has 0 saturated carbocycles. The van der Waals surface area contributed by atoms with Crippen molar-refractivity contribution >= 4 is 13.7 Å². The summed E-state index contributed by atoms with van der Waals surface area (Å²) in [5.41, 5.74) is 0. The van der Waals surface area contributed by atoms with Crippen molar-refractivity contribution in [1.29, 1.82) is 0 Å². The van der Waals surface area contributed by atoms with Gasteiger partial charge >= 0.3 is 7.82 Å². The van der Waals surface area contributed by atoms with Crippen LogP contribution in [0.2, 0.25) is 0 Å². The summed E-state index contributed by atoms with van der Waals surface area (Å²) in [5.74, 6) is -0.189. The van der Waals surface area contributed by atoms with Crippen LogP contribution in [0.4, 0.5) is 0 Å². The van der Waals surface area contributed by atoms with Crippen LogP contribution in [0.5, 0.6) is 0 Å². The molecule has 0 fully saturated rings. The highest BCUT2D eigenvalue weighted by Gasteiger charge is 2.27. The number of allylic oxidation sites excluding steroid dienone is 13. The van der Waals surface area contributed by atoms with Crippen LogP contribution in [0, 0.1) is 0 Å². The maximum absolute atomic E-state index is 13.0. The number of nitrogens with zero attached hydrogens (tertiary/aromatic N) is 1. The van der Waals surface area contributed by atoms with Crippen LogP contribution in [0.15, 0.2) is 85.1 Å². The second kappa shape index (κ2) is 57.4. The van der Waals surface area contributed by atoms with E-state index in [1.165, 1.54) is 193 Å². The molecule has 3 atom stereocenters. The number of hydrogen-bond acceptors (Lipinski definition) is 5. The third-order valence-corrected chi connectivity index (χ3v) is 15.1. The molecule has 0 aromatic rings. The number of phosphoric ester groups is 1. The van der Waals surface area contributed by atoms with Gasteiger partial charge in [-0.25, -0.2) is 4.57 Å². The fourth-order valence-corrected chi connectivity index (χ4v) is 9.86. The number of quaternary nitrogens is 1.